The number of hydrogen-bond donors (Lipinski definition) is 19. The fourth-order valence-corrected chi connectivity index (χ4v) is 20.4. The van der Waals surface area contributed by atoms with Crippen LogP contribution in [0.5, 0.6) is 0 Å². The number of phosphoric ester groups is 1. The number of halogens is 2. The standard InChI is InChI=1S/C15H20Cl2N5O5P.C15H24N5O13P3.C15H22N5O12P3.C15H21N5O4/c1-8(2)3-4-18-13-10-14(20-6-19-13)22(7-21-10)15-12(24)11(23)9(27-15)5-26-28(16,17)25;1-8(2)3-4-16-13-10-14(18-6-17-13)20(7-19-10)15-12(22)11(21)9(31-15)5-30-35(26,27)33-36(28,29)32-34(23,24)25;1-8(2)3-4-16-13-10-14(18-6-17-13)20(7-19-10)15-12(22)11(21)9(29-15)5-28-35(27)31-33(23,24)30-34(25,26)32-35;1-8(2)3-4-16-13-10-14(18-6-17-13)20(7-19-10)15-12(23)11(22)9(5-21)24-15/h3,6-7,9,11-12,15,23-24H,4-5H2,1-2H3,(H,18,19,20);3,6-7,9,11-12,15,21-22H,4-5H2,1-2H3,(H,26,27)(H,28,29)(H,16,17,18)(H2,23,24,25);3,6-7,9,11-12,15,21-22H,4-5H2,1-2H3,(H,23,24)(H,25,26)(H,16,17,18);3,6-7,9,11-12,15,21-23H,4-5H2,1-2H3,(H,16,17,18)/t4*9-,11+,12?,15-/m1111/s1. The highest BCUT2D eigenvalue weighted by Crippen LogP contribution is 2.80. The molecule has 0 bridgehead atoms. The predicted octanol–water partition coefficient (Wildman–Crippen LogP) is 3.62. The third kappa shape index (κ3) is 25.9. The van der Waals surface area contributed by atoms with E-state index < -0.39 is 164 Å². The Bertz CT molecular complexity index is 5490. The zero-order chi connectivity index (χ0) is 90.2. The molecule has 123 heavy (non-hydrogen) atoms. The van der Waals surface area contributed by atoms with Gasteiger partial charge in [-0.3, -0.25) is 31.9 Å². The highest BCUT2D eigenvalue weighted by atomic mass is 35.9. The molecule has 5 fully saturated rings. The van der Waals surface area contributed by atoms with Crippen LogP contribution in [-0.2, 0) is 86.0 Å². The first-order valence-electron chi connectivity index (χ1n) is 35.9. The van der Waals surface area contributed by atoms with Crippen LogP contribution in [0.3, 0.4) is 0 Å². The summed E-state index contributed by atoms with van der Waals surface area (Å²) in [5, 5.41) is 104. The Balaban J connectivity index is 0.000000174. The number of aromatic nitrogens is 16. The van der Waals surface area contributed by atoms with Crippen LogP contribution in [0.4, 0.5) is 23.3 Å². The van der Waals surface area contributed by atoms with Crippen molar-refractivity contribution in [2.24, 2.45) is 0 Å². The van der Waals surface area contributed by atoms with Crippen molar-refractivity contribution in [3.63, 3.8) is 0 Å². The first kappa shape index (κ1) is 98.6. The largest absolute Gasteiger partial charge is 0.492 e. The lowest BCUT2D eigenvalue weighted by Gasteiger charge is -2.27. The predicted molar refractivity (Wildman–Crippen MR) is 425 cm³/mol. The minimum absolute atomic E-state index is 0.231. The number of ether oxygens (including phenoxy) is 4. The molecule has 5 aliphatic heterocycles. The van der Waals surface area contributed by atoms with Crippen LogP contribution >= 0.6 is 75.5 Å². The van der Waals surface area contributed by atoms with Crippen molar-refractivity contribution in [1.29, 1.82) is 0 Å². The molecule has 680 valence electrons. The first-order valence-corrected chi connectivity index (χ1v) is 48.3. The van der Waals surface area contributed by atoms with Gasteiger partial charge in [-0.1, -0.05) is 46.6 Å². The number of hydrogen-bond acceptors (Lipinski definition) is 44. The maximum absolute atomic E-state index is 12.4. The molecule has 8 unspecified atom stereocenters. The fourth-order valence-electron chi connectivity index (χ4n) is 11.7. The molecule has 20 atom stereocenters. The van der Waals surface area contributed by atoms with E-state index in [-0.39, 0.29) is 24.5 Å². The quantitative estimate of drug-likeness (QED) is 0.0226. The van der Waals surface area contributed by atoms with Gasteiger partial charge in [0.2, 0.25) is 0 Å². The number of aliphatic hydroxyl groups is 9. The van der Waals surface area contributed by atoms with E-state index in [1.165, 1.54) is 74.5 Å². The number of aliphatic hydroxyl groups excluding tert-OH is 9. The van der Waals surface area contributed by atoms with Gasteiger partial charge >= 0.3 is 53.0 Å². The molecule has 54 nitrogen and oxygen atoms in total. The van der Waals surface area contributed by atoms with Crippen LogP contribution in [-0.4, -0.2) is 279 Å². The van der Waals surface area contributed by atoms with Crippen molar-refractivity contribution >= 4 is 143 Å². The summed E-state index contributed by atoms with van der Waals surface area (Å²) in [6, 6.07) is 0. The van der Waals surface area contributed by atoms with Crippen LogP contribution in [0.1, 0.15) is 80.3 Å². The monoisotopic (exact) mass is 1920 g/mol. The summed E-state index contributed by atoms with van der Waals surface area (Å²) in [7, 11) is -32.3. The first-order chi connectivity index (χ1) is 57.6. The van der Waals surface area contributed by atoms with Crippen LogP contribution in [0.25, 0.3) is 44.7 Å². The molecule has 0 saturated carbocycles. The number of imidazole rings is 4. The van der Waals surface area contributed by atoms with Gasteiger partial charge < -0.3 is 120 Å². The highest BCUT2D eigenvalue weighted by molar-refractivity contribution is 8.05. The number of nitrogens with one attached hydrogen (secondary N) is 4. The van der Waals surface area contributed by atoms with Crippen molar-refractivity contribution in [1.82, 2.24) is 78.1 Å². The highest BCUT2D eigenvalue weighted by Gasteiger charge is 2.56. The molecule has 0 spiro atoms. The second kappa shape index (κ2) is 41.3. The van der Waals surface area contributed by atoms with Gasteiger partial charge in [0.25, 0.3) is 0 Å². The van der Waals surface area contributed by atoms with E-state index in [1.54, 1.807) is 0 Å². The van der Waals surface area contributed by atoms with E-state index in [2.05, 4.69) is 107 Å². The number of phosphoric acid groups is 6. The molecular formula is C60H87Cl2N20O34P7. The molecule has 8 aromatic heterocycles. The number of rotatable bonds is 30. The summed E-state index contributed by atoms with van der Waals surface area (Å²) in [6.45, 7) is 15.3. The van der Waals surface area contributed by atoms with Crippen molar-refractivity contribution in [3.05, 3.63) is 97.2 Å². The minimum Gasteiger partial charge on any atom is -0.394 e. The van der Waals surface area contributed by atoms with Crippen LogP contribution in [0.2, 0.25) is 0 Å². The number of allylic oxidation sites excluding steroid dienone is 4. The van der Waals surface area contributed by atoms with Gasteiger partial charge in [-0.25, -0.2) is 87.2 Å². The summed E-state index contributed by atoms with van der Waals surface area (Å²) in [5.41, 5.74) is 7.63. The van der Waals surface area contributed by atoms with Crippen molar-refractivity contribution in [2.75, 3.05) is 73.9 Å². The molecule has 0 radical (unpaired) electrons. The molecule has 13 rings (SSSR count). The SMILES string of the molecule is CC(C)=CCNc1ncnc2c1ncn2[C@@H]1O[C@H](CO)[C@H](O)C1O.CC(C)=CCNc1ncnc2c1ncn2[C@@H]1O[C@H](COP(=O)(Cl)Cl)[C@H](O)C1O.CC(C)=CCNc1ncnc2c1ncn2[C@@H]1O[C@H](COP(=O)(O)OP(=O)(O)OP(=O)(O)O)[C@H](O)C1O.CC(C)=CCNc1ncnc2c1ncn2[C@@H]1O[C@H](COP2(=O)OP(=O)(O)OP(=O)(O)O2)[C@H](O)C1O. The summed E-state index contributed by atoms with van der Waals surface area (Å²) >= 11 is 10.7. The Kier molecular flexibility index (Phi) is 33.1. The molecule has 5 saturated heterocycles. The van der Waals surface area contributed by atoms with E-state index >= 15 is 0 Å². The second-order valence-electron chi connectivity index (χ2n) is 27.7. The topological polar surface area (TPSA) is 756 Å². The zero-order valence-electron chi connectivity index (χ0n) is 65.3. The summed E-state index contributed by atoms with van der Waals surface area (Å²) in [6.07, 6.45) is -5.51. The maximum Gasteiger partial charge on any atom is 0.492 e. The van der Waals surface area contributed by atoms with Crippen LogP contribution in [0.15, 0.2) is 97.2 Å². The lowest BCUT2D eigenvalue weighted by atomic mass is 10.1. The molecular weight excluding hydrogens is 1830 g/mol. The van der Waals surface area contributed by atoms with Crippen LogP contribution in [0, 0.1) is 0 Å². The molecule has 13 heterocycles. The molecule has 8 aromatic rings. The summed E-state index contributed by atoms with van der Waals surface area (Å²) in [4.78, 5) is 105. The average Bonchev–Trinajstić information content (AvgIpc) is 1.11. The third-order valence-corrected chi connectivity index (χ3v) is 27.6. The summed E-state index contributed by atoms with van der Waals surface area (Å²) < 4.78 is 142. The normalized spacial score (nSPS) is 29.2. The van der Waals surface area contributed by atoms with E-state index in [1.807, 2.05) is 79.7 Å². The Hall–Kier alpha value is -6.53. The molecule has 19 N–H and O–H groups in total. The van der Waals surface area contributed by atoms with Crippen molar-refractivity contribution in [2.45, 2.75) is 154 Å². The van der Waals surface area contributed by atoms with Gasteiger partial charge in [-0.2, -0.15) is 21.6 Å². The van der Waals surface area contributed by atoms with Gasteiger partial charge in [-0.05, 0) is 77.9 Å². The van der Waals surface area contributed by atoms with E-state index in [4.69, 9.17) is 60.3 Å². The zero-order valence-corrected chi connectivity index (χ0v) is 73.1. The maximum atomic E-state index is 12.4. The third-order valence-electron chi connectivity index (χ3n) is 17.4. The molecule has 0 aromatic carbocycles. The number of nitrogens with zero attached hydrogens (tertiary/aromatic N) is 16. The minimum atomic E-state index is -5.71. The van der Waals surface area contributed by atoms with Gasteiger partial charge in [-0.15, -0.1) is 0 Å². The van der Waals surface area contributed by atoms with E-state index in [0.717, 1.165) is 16.7 Å². The number of fused-ring (bicyclic) bond motifs is 4. The van der Waals surface area contributed by atoms with Gasteiger partial charge in [0.15, 0.2) is 92.8 Å². The smallest absolute Gasteiger partial charge is 0.394 e. The average molecular weight is 1920 g/mol. The summed E-state index contributed by atoms with van der Waals surface area (Å²) in [5.74, 6) is 1.92. The lowest BCUT2D eigenvalue weighted by Crippen LogP contribution is -2.33. The molecule has 5 aliphatic rings. The number of anilines is 4. The van der Waals surface area contributed by atoms with Crippen molar-refractivity contribution in [3.8, 4) is 0 Å². The van der Waals surface area contributed by atoms with Gasteiger partial charge in [0.1, 0.15) is 98.6 Å². The Morgan fingerprint density at radius 3 is 0.976 bits per heavy atom. The van der Waals surface area contributed by atoms with Crippen LogP contribution < -0.4 is 21.3 Å². The molecule has 63 heteroatoms. The fraction of sp³-hybridized carbons (Fsp3) is 0.533. The van der Waals surface area contributed by atoms with Crippen molar-refractivity contribution < 1.29 is 161 Å². The van der Waals surface area contributed by atoms with E-state index in [9.17, 15) is 97.5 Å². The van der Waals surface area contributed by atoms with Gasteiger partial charge in [0.05, 0.1) is 51.7 Å². The Morgan fingerprint density at radius 2 is 0.699 bits per heavy atom. The second-order valence-corrected chi connectivity index (χ2v) is 41.4. The molecule has 0 aliphatic carbocycles. The molecule has 0 amide bonds. The van der Waals surface area contributed by atoms with Gasteiger partial charge in [0, 0.05) is 26.2 Å². The van der Waals surface area contributed by atoms with E-state index in [0.29, 0.717) is 82.8 Å². The lowest BCUT2D eigenvalue weighted by molar-refractivity contribution is -0.0511. The Morgan fingerprint density at radius 1 is 0.415 bits per heavy atom. The Labute approximate surface area is 704 Å².